The second-order valence-corrected chi connectivity index (χ2v) is 7.31. The molecule has 3 heteroatoms. The standard InChI is InChI=1S/C18H21ClNS/c1-5-11(2)10-16-17(12(3)13(4)21-16)18(20)14-6-8-15(19)9-7-14/h6-9,11,20H,1,5,10H2,2-4H3/q-1. The summed E-state index contributed by atoms with van der Waals surface area (Å²) in [4.78, 5) is 2.61. The molecule has 0 aliphatic heterocycles. The summed E-state index contributed by atoms with van der Waals surface area (Å²) in [6.45, 7) is 10.5. The fraction of sp³-hybridized carbons (Fsp3) is 0.333. The van der Waals surface area contributed by atoms with E-state index in [1.54, 1.807) is 0 Å². The SMILES string of the molecule is [CH2-]CC(C)Cc1sc(C)c(C)c1C(=N)c1ccc(Cl)cc1. The molecule has 1 unspecified atom stereocenters. The number of rotatable bonds is 5. The number of hydrogen-bond acceptors (Lipinski definition) is 2. The van der Waals surface area contributed by atoms with E-state index < -0.39 is 0 Å². The Morgan fingerprint density at radius 1 is 1.29 bits per heavy atom. The molecule has 0 amide bonds. The number of hydrogen-bond donors (Lipinski definition) is 1. The third-order valence-electron chi connectivity index (χ3n) is 3.87. The van der Waals surface area contributed by atoms with Crippen LogP contribution in [0, 0.1) is 32.1 Å². The maximum absolute atomic E-state index is 8.59. The first-order valence-electron chi connectivity index (χ1n) is 7.17. The number of thiophene rings is 1. The Bertz CT molecular complexity index is 640. The van der Waals surface area contributed by atoms with Gasteiger partial charge >= 0.3 is 0 Å². The summed E-state index contributed by atoms with van der Waals surface area (Å²) in [6.07, 6.45) is 1.91. The smallest absolute Gasteiger partial charge is 0.0698 e. The van der Waals surface area contributed by atoms with E-state index in [-0.39, 0.29) is 0 Å². The van der Waals surface area contributed by atoms with E-state index in [4.69, 9.17) is 17.0 Å². The number of halogens is 1. The summed E-state index contributed by atoms with van der Waals surface area (Å²) in [5.41, 5.74) is 3.84. The molecule has 1 N–H and O–H groups in total. The maximum Gasteiger partial charge on any atom is 0.0698 e. The first kappa shape index (κ1) is 16.3. The van der Waals surface area contributed by atoms with Crippen LogP contribution in [0.3, 0.4) is 0 Å². The van der Waals surface area contributed by atoms with Crippen molar-refractivity contribution in [1.29, 1.82) is 5.41 Å². The van der Waals surface area contributed by atoms with Crippen molar-refractivity contribution in [3.63, 3.8) is 0 Å². The summed E-state index contributed by atoms with van der Waals surface area (Å²) in [6, 6.07) is 7.54. The van der Waals surface area contributed by atoms with Gasteiger partial charge in [-0.25, -0.2) is 0 Å². The quantitative estimate of drug-likeness (QED) is 0.529. The van der Waals surface area contributed by atoms with Crippen LogP contribution in [0.1, 0.15) is 39.8 Å². The molecule has 0 saturated carbocycles. The van der Waals surface area contributed by atoms with Crippen molar-refractivity contribution in [2.45, 2.75) is 33.6 Å². The van der Waals surface area contributed by atoms with Crippen LogP contribution in [-0.2, 0) is 6.42 Å². The van der Waals surface area contributed by atoms with Crippen molar-refractivity contribution in [1.82, 2.24) is 0 Å². The average Bonchev–Trinajstić information content (AvgIpc) is 2.73. The van der Waals surface area contributed by atoms with Crippen molar-refractivity contribution in [3.05, 3.63) is 62.7 Å². The lowest BCUT2D eigenvalue weighted by molar-refractivity contribution is 0.593. The normalized spacial score (nSPS) is 12.4. The minimum atomic E-state index is 0.541. The summed E-state index contributed by atoms with van der Waals surface area (Å²) in [7, 11) is 0. The molecule has 2 rings (SSSR count). The van der Waals surface area contributed by atoms with Crippen LogP contribution in [0.25, 0.3) is 0 Å². The van der Waals surface area contributed by atoms with Crippen LogP contribution in [-0.4, -0.2) is 5.71 Å². The van der Waals surface area contributed by atoms with E-state index in [1.165, 1.54) is 15.3 Å². The van der Waals surface area contributed by atoms with Crippen molar-refractivity contribution < 1.29 is 0 Å². The van der Waals surface area contributed by atoms with Crippen LogP contribution in [0.5, 0.6) is 0 Å². The van der Waals surface area contributed by atoms with Gasteiger partial charge in [0.25, 0.3) is 0 Å². The molecule has 1 aromatic heterocycles. The van der Waals surface area contributed by atoms with E-state index >= 15 is 0 Å². The van der Waals surface area contributed by atoms with Gasteiger partial charge in [-0.15, -0.1) is 11.3 Å². The van der Waals surface area contributed by atoms with E-state index in [9.17, 15) is 0 Å². The lowest BCUT2D eigenvalue weighted by Crippen LogP contribution is -2.07. The van der Waals surface area contributed by atoms with Crippen molar-refractivity contribution in [3.8, 4) is 0 Å². The van der Waals surface area contributed by atoms with E-state index in [2.05, 4.69) is 27.7 Å². The zero-order chi connectivity index (χ0) is 15.6. The van der Waals surface area contributed by atoms with Gasteiger partial charge in [0.1, 0.15) is 0 Å². The third-order valence-corrected chi connectivity index (χ3v) is 5.35. The highest BCUT2D eigenvalue weighted by atomic mass is 35.5. The highest BCUT2D eigenvalue weighted by Crippen LogP contribution is 2.32. The van der Waals surface area contributed by atoms with Crippen molar-refractivity contribution in [2.75, 3.05) is 0 Å². The Hall–Kier alpha value is -1.12. The molecule has 0 saturated heterocycles. The molecule has 1 atom stereocenters. The summed E-state index contributed by atoms with van der Waals surface area (Å²) >= 11 is 7.76. The predicted molar refractivity (Wildman–Crippen MR) is 94.0 cm³/mol. The first-order valence-corrected chi connectivity index (χ1v) is 8.36. The molecule has 1 aromatic carbocycles. The lowest BCUT2D eigenvalue weighted by Gasteiger charge is -2.13. The highest BCUT2D eigenvalue weighted by molar-refractivity contribution is 7.12. The Labute approximate surface area is 136 Å². The number of aryl methyl sites for hydroxylation is 1. The van der Waals surface area contributed by atoms with Crippen LogP contribution in [0.2, 0.25) is 5.02 Å². The first-order chi connectivity index (χ1) is 9.93. The average molecular weight is 319 g/mol. The Kier molecular flexibility index (Phi) is 5.23. The Morgan fingerprint density at radius 2 is 1.90 bits per heavy atom. The van der Waals surface area contributed by atoms with Gasteiger partial charge in [-0.2, -0.15) is 6.42 Å². The Balaban J connectivity index is 2.42. The molecule has 0 spiro atoms. The minimum absolute atomic E-state index is 0.541. The second kappa shape index (κ2) is 6.76. The monoisotopic (exact) mass is 318 g/mol. The van der Waals surface area contributed by atoms with Gasteiger partial charge < -0.3 is 6.92 Å². The molecule has 2 aromatic rings. The van der Waals surface area contributed by atoms with Crippen LogP contribution < -0.4 is 0 Å². The van der Waals surface area contributed by atoms with Gasteiger partial charge in [0, 0.05) is 25.9 Å². The highest BCUT2D eigenvalue weighted by Gasteiger charge is 2.18. The van der Waals surface area contributed by atoms with Gasteiger partial charge in [0.2, 0.25) is 0 Å². The van der Waals surface area contributed by atoms with Gasteiger partial charge in [0.05, 0.1) is 5.71 Å². The molecule has 21 heavy (non-hydrogen) atoms. The fourth-order valence-electron chi connectivity index (χ4n) is 2.35. The lowest BCUT2D eigenvalue weighted by atomic mass is 9.94. The second-order valence-electron chi connectivity index (χ2n) is 5.56. The molecule has 0 aliphatic rings. The van der Waals surface area contributed by atoms with Crippen molar-refractivity contribution in [2.24, 2.45) is 5.92 Å². The molecule has 1 nitrogen and oxygen atoms in total. The molecule has 0 radical (unpaired) electrons. The minimum Gasteiger partial charge on any atom is -0.343 e. The van der Waals surface area contributed by atoms with E-state index in [0.717, 1.165) is 24.0 Å². The van der Waals surface area contributed by atoms with Gasteiger partial charge in [-0.1, -0.05) is 36.6 Å². The van der Waals surface area contributed by atoms with E-state index in [0.29, 0.717) is 16.7 Å². The molecule has 0 aliphatic carbocycles. The molecule has 112 valence electrons. The zero-order valence-electron chi connectivity index (χ0n) is 12.8. The predicted octanol–water partition coefficient (Wildman–Crippen LogP) is 5.84. The van der Waals surface area contributed by atoms with Crippen LogP contribution in [0.4, 0.5) is 0 Å². The fourth-order valence-corrected chi connectivity index (χ4v) is 3.82. The van der Waals surface area contributed by atoms with Crippen molar-refractivity contribution >= 4 is 28.6 Å². The molecule has 0 fully saturated rings. The summed E-state index contributed by atoms with van der Waals surface area (Å²) in [5, 5.41) is 9.29. The summed E-state index contributed by atoms with van der Waals surface area (Å²) in [5.74, 6) is 0.541. The largest absolute Gasteiger partial charge is 0.343 e. The molecule has 1 heterocycles. The van der Waals surface area contributed by atoms with Gasteiger partial charge in [0.15, 0.2) is 0 Å². The van der Waals surface area contributed by atoms with Crippen LogP contribution >= 0.6 is 22.9 Å². The maximum atomic E-state index is 8.59. The topological polar surface area (TPSA) is 23.9 Å². The number of benzene rings is 1. The van der Waals surface area contributed by atoms with Gasteiger partial charge in [-0.3, -0.25) is 5.41 Å². The third kappa shape index (κ3) is 3.56. The van der Waals surface area contributed by atoms with Gasteiger partial charge in [-0.05, 0) is 38.0 Å². The number of nitrogens with one attached hydrogen (secondary N) is 1. The van der Waals surface area contributed by atoms with E-state index in [1.807, 2.05) is 35.6 Å². The molecular weight excluding hydrogens is 298 g/mol. The zero-order valence-corrected chi connectivity index (χ0v) is 14.4. The molecule has 0 bridgehead atoms. The summed E-state index contributed by atoms with van der Waals surface area (Å²) < 4.78 is 0. The Morgan fingerprint density at radius 3 is 2.48 bits per heavy atom. The van der Waals surface area contributed by atoms with Crippen LogP contribution in [0.15, 0.2) is 24.3 Å². The molecular formula is C18H21ClNS-.